The largest absolute Gasteiger partial charge is 0.337 e. The van der Waals surface area contributed by atoms with Gasteiger partial charge in [0.1, 0.15) is 0 Å². The second-order valence-corrected chi connectivity index (χ2v) is 14.0. The van der Waals surface area contributed by atoms with E-state index in [1.165, 1.54) is 12.2 Å². The van der Waals surface area contributed by atoms with Crippen molar-refractivity contribution in [3.63, 3.8) is 0 Å². The van der Waals surface area contributed by atoms with Crippen LogP contribution in [-0.2, 0) is 14.4 Å². The lowest BCUT2D eigenvalue weighted by Crippen LogP contribution is -2.59. The van der Waals surface area contributed by atoms with Crippen molar-refractivity contribution in [1.29, 1.82) is 0 Å². The first kappa shape index (κ1) is 41.5. The number of piperazine rings is 3. The first-order valence-electron chi connectivity index (χ1n) is 17.2. The molecule has 0 bridgehead atoms. The molecule has 0 spiro atoms. The van der Waals surface area contributed by atoms with Crippen LogP contribution in [0.25, 0.3) is 0 Å². The van der Waals surface area contributed by atoms with E-state index in [-0.39, 0.29) is 29.8 Å². The van der Waals surface area contributed by atoms with Gasteiger partial charge in [-0.05, 0) is 88.6 Å². The summed E-state index contributed by atoms with van der Waals surface area (Å²) in [6.07, 6.45) is 6.46. The van der Waals surface area contributed by atoms with Crippen LogP contribution < -0.4 is 0 Å². The summed E-state index contributed by atoms with van der Waals surface area (Å²) in [5, 5.41) is 0. The first-order chi connectivity index (χ1) is 21.5. The summed E-state index contributed by atoms with van der Waals surface area (Å²) in [4.78, 5) is 50.0. The van der Waals surface area contributed by atoms with Crippen LogP contribution in [0.15, 0.2) is 37.5 Å². The van der Waals surface area contributed by atoms with Gasteiger partial charge in [0.15, 0.2) is 0 Å². The molecule has 3 saturated heterocycles. The SMILES string of the molecule is C=CC(=O)N1CCN(C(C)C)CC1.C=CC(=O)N1CCN(C(C)C)C[C@H]1C.CC(C)N1C[C@@H](C)N(C(=O)/C=C/CN(C)C)[C@@H](C)C1. The van der Waals surface area contributed by atoms with E-state index in [4.69, 9.17) is 0 Å². The maximum Gasteiger partial charge on any atom is 0.246 e. The average molecular weight is 646 g/mol. The summed E-state index contributed by atoms with van der Waals surface area (Å²) in [5.74, 6) is 0.259. The lowest BCUT2D eigenvalue weighted by molar-refractivity contribution is -0.134. The molecule has 0 aromatic heterocycles. The van der Waals surface area contributed by atoms with Crippen molar-refractivity contribution in [3.05, 3.63) is 37.5 Å². The molecule has 3 aliphatic rings. The molecule has 3 amide bonds. The average Bonchev–Trinajstić information content (AvgIpc) is 3.00. The van der Waals surface area contributed by atoms with Crippen LogP contribution in [0.4, 0.5) is 0 Å². The molecule has 10 heteroatoms. The summed E-state index contributed by atoms with van der Waals surface area (Å²) < 4.78 is 0. The van der Waals surface area contributed by atoms with Crippen molar-refractivity contribution in [3.8, 4) is 0 Å². The Balaban J connectivity index is 0.000000353. The zero-order valence-electron chi connectivity index (χ0n) is 31.1. The third kappa shape index (κ3) is 13.7. The highest BCUT2D eigenvalue weighted by atomic mass is 16.2. The molecule has 3 atom stereocenters. The number of amides is 3. The number of likely N-dealkylation sites (N-methyl/N-ethyl adjacent to an activating group) is 1. The van der Waals surface area contributed by atoms with Gasteiger partial charge in [0.25, 0.3) is 0 Å². The number of carbonyl (C=O) groups is 3. The molecular formula is C36H67N7O3. The Morgan fingerprint density at radius 2 is 1.11 bits per heavy atom. The monoisotopic (exact) mass is 646 g/mol. The molecule has 3 rings (SSSR count). The zero-order chi connectivity index (χ0) is 35.1. The third-order valence-corrected chi connectivity index (χ3v) is 9.04. The molecule has 0 N–H and O–H groups in total. The first-order valence-corrected chi connectivity index (χ1v) is 17.2. The van der Waals surface area contributed by atoms with Crippen LogP contribution in [0.1, 0.15) is 62.3 Å². The van der Waals surface area contributed by atoms with Gasteiger partial charge in [-0.25, -0.2) is 0 Å². The second-order valence-electron chi connectivity index (χ2n) is 14.0. The fourth-order valence-corrected chi connectivity index (χ4v) is 6.16. The molecule has 0 aromatic rings. The van der Waals surface area contributed by atoms with Crippen molar-refractivity contribution in [2.75, 3.05) is 79.5 Å². The van der Waals surface area contributed by atoms with Crippen LogP contribution in [-0.4, -0.2) is 168 Å². The fraction of sp³-hybridized carbons (Fsp3) is 0.750. The predicted molar refractivity (Wildman–Crippen MR) is 192 cm³/mol. The van der Waals surface area contributed by atoms with Crippen LogP contribution in [0.5, 0.6) is 0 Å². The van der Waals surface area contributed by atoms with E-state index in [1.54, 1.807) is 6.08 Å². The third-order valence-electron chi connectivity index (χ3n) is 9.04. The van der Waals surface area contributed by atoms with Crippen LogP contribution >= 0.6 is 0 Å². The van der Waals surface area contributed by atoms with Gasteiger partial charge in [-0.15, -0.1) is 0 Å². The summed E-state index contributed by atoms with van der Waals surface area (Å²) in [7, 11) is 4.00. The topological polar surface area (TPSA) is 73.9 Å². The van der Waals surface area contributed by atoms with Crippen molar-refractivity contribution in [2.45, 2.75) is 98.6 Å². The van der Waals surface area contributed by atoms with Gasteiger partial charge in [0.05, 0.1) is 0 Å². The van der Waals surface area contributed by atoms with Gasteiger partial charge < -0.3 is 19.6 Å². The van der Waals surface area contributed by atoms with E-state index in [2.05, 4.69) is 90.2 Å². The summed E-state index contributed by atoms with van der Waals surface area (Å²) in [6, 6.07) is 2.56. The van der Waals surface area contributed by atoms with E-state index < -0.39 is 0 Å². The summed E-state index contributed by atoms with van der Waals surface area (Å²) in [5.41, 5.74) is 0. The Kier molecular flexibility index (Phi) is 18.6. The maximum atomic E-state index is 12.3. The molecule has 0 radical (unpaired) electrons. The van der Waals surface area contributed by atoms with Crippen molar-refractivity contribution in [2.24, 2.45) is 0 Å². The van der Waals surface area contributed by atoms with Crippen molar-refractivity contribution >= 4 is 17.7 Å². The number of rotatable bonds is 8. The van der Waals surface area contributed by atoms with E-state index in [1.807, 2.05) is 39.8 Å². The molecule has 3 aliphatic heterocycles. The van der Waals surface area contributed by atoms with Gasteiger partial charge in [-0.1, -0.05) is 19.2 Å². The molecule has 0 saturated carbocycles. The molecule has 0 unspecified atom stereocenters. The molecule has 0 aliphatic carbocycles. The van der Waals surface area contributed by atoms with Crippen LogP contribution in [0.2, 0.25) is 0 Å². The minimum absolute atomic E-state index is 0.0564. The molecule has 3 heterocycles. The number of nitrogens with zero attached hydrogens (tertiary/aromatic N) is 7. The molecule has 0 aromatic carbocycles. The van der Waals surface area contributed by atoms with E-state index in [0.717, 1.165) is 65.4 Å². The predicted octanol–water partition coefficient (Wildman–Crippen LogP) is 3.27. The normalized spacial score (nSPS) is 23.4. The van der Waals surface area contributed by atoms with E-state index in [0.29, 0.717) is 24.2 Å². The standard InChI is InChI=1S/C15H29N3O.C11H20N2O.C10H18N2O/c1-12(2)17-10-13(3)18(14(4)11-17)15(19)8-7-9-16(5)6;1-5-11(14)13-7-6-12(9(2)3)8-10(13)4;1-4-10(13)12-7-5-11(6-8-12)9(2)3/h7-8,12-14H,9-11H2,1-6H3;5,9-10H,1,6-8H2,2-4H3;4,9H,1,5-8H2,2-3H3/b8-7+;;/t13-,14+;10-;/m.1./s1. The fourth-order valence-electron chi connectivity index (χ4n) is 6.16. The van der Waals surface area contributed by atoms with E-state index >= 15 is 0 Å². The Labute approximate surface area is 281 Å². The second kappa shape index (κ2) is 20.7. The highest BCUT2D eigenvalue weighted by Gasteiger charge is 2.32. The summed E-state index contributed by atoms with van der Waals surface area (Å²) >= 11 is 0. The van der Waals surface area contributed by atoms with Crippen LogP contribution in [0.3, 0.4) is 0 Å². The van der Waals surface area contributed by atoms with Gasteiger partial charge in [-0.3, -0.25) is 29.1 Å². The molecule has 264 valence electrons. The van der Waals surface area contributed by atoms with Crippen molar-refractivity contribution < 1.29 is 14.4 Å². The zero-order valence-corrected chi connectivity index (χ0v) is 31.1. The molecule has 46 heavy (non-hydrogen) atoms. The molecule has 3 fully saturated rings. The van der Waals surface area contributed by atoms with Crippen LogP contribution in [0, 0.1) is 0 Å². The Hall–Kier alpha value is -2.53. The minimum atomic E-state index is 0.0564. The minimum Gasteiger partial charge on any atom is -0.337 e. The lowest BCUT2D eigenvalue weighted by atomic mass is 10.1. The van der Waals surface area contributed by atoms with Gasteiger partial charge in [0, 0.05) is 108 Å². The van der Waals surface area contributed by atoms with Gasteiger partial charge in [-0.2, -0.15) is 0 Å². The Morgan fingerprint density at radius 1 is 0.652 bits per heavy atom. The Morgan fingerprint density at radius 3 is 1.52 bits per heavy atom. The number of hydrogen-bond donors (Lipinski definition) is 0. The molecular weight excluding hydrogens is 578 g/mol. The highest BCUT2D eigenvalue weighted by Crippen LogP contribution is 2.18. The highest BCUT2D eigenvalue weighted by molar-refractivity contribution is 5.88. The molecule has 10 nitrogen and oxygen atoms in total. The van der Waals surface area contributed by atoms with Gasteiger partial charge >= 0.3 is 0 Å². The quantitative estimate of drug-likeness (QED) is 0.376. The Bertz CT molecular complexity index is 976. The number of carbonyl (C=O) groups excluding carboxylic acids is 3. The smallest absolute Gasteiger partial charge is 0.246 e. The summed E-state index contributed by atoms with van der Waals surface area (Å²) in [6.45, 7) is 35.7. The van der Waals surface area contributed by atoms with E-state index in [9.17, 15) is 14.4 Å². The lowest BCUT2D eigenvalue weighted by Gasteiger charge is -2.45. The van der Waals surface area contributed by atoms with Gasteiger partial charge in [0.2, 0.25) is 17.7 Å². The number of hydrogen-bond acceptors (Lipinski definition) is 7. The van der Waals surface area contributed by atoms with Crippen molar-refractivity contribution in [1.82, 2.24) is 34.3 Å². The maximum absolute atomic E-state index is 12.3.